The summed E-state index contributed by atoms with van der Waals surface area (Å²) in [5, 5.41) is 2.73. The highest BCUT2D eigenvalue weighted by atomic mass is 16.6. The van der Waals surface area contributed by atoms with Gasteiger partial charge in [-0.05, 0) is 33.6 Å². The van der Waals surface area contributed by atoms with E-state index in [2.05, 4.69) is 17.6 Å². The molecule has 0 bridgehead atoms. The van der Waals surface area contributed by atoms with Gasteiger partial charge in [-0.2, -0.15) is 0 Å². The van der Waals surface area contributed by atoms with Gasteiger partial charge in [0.2, 0.25) is 0 Å². The lowest BCUT2D eigenvalue weighted by molar-refractivity contribution is -0.154. The lowest BCUT2D eigenvalue weighted by Gasteiger charge is -2.19. The van der Waals surface area contributed by atoms with Crippen LogP contribution in [0.2, 0.25) is 0 Å². The molecule has 4 nitrogen and oxygen atoms in total. The molecule has 0 aliphatic heterocycles. The molecule has 0 unspecified atom stereocenters. The fourth-order valence-corrected chi connectivity index (χ4v) is 1.50. The van der Waals surface area contributed by atoms with Crippen molar-refractivity contribution in [3.8, 4) is 0 Å². The minimum absolute atomic E-state index is 0.142. The molecule has 0 aromatic rings. The van der Waals surface area contributed by atoms with Crippen LogP contribution in [0.15, 0.2) is 18.4 Å². The minimum Gasteiger partial charge on any atom is -0.460 e. The van der Waals surface area contributed by atoms with E-state index >= 15 is 0 Å². The van der Waals surface area contributed by atoms with Crippen molar-refractivity contribution in [1.29, 1.82) is 0 Å². The van der Waals surface area contributed by atoms with E-state index in [1.165, 1.54) is 6.08 Å². The van der Waals surface area contributed by atoms with Crippen molar-refractivity contribution in [3.05, 3.63) is 18.4 Å². The summed E-state index contributed by atoms with van der Waals surface area (Å²) >= 11 is 0. The first-order valence-electron chi connectivity index (χ1n) is 6.70. The predicted molar refractivity (Wildman–Crippen MR) is 75.6 cm³/mol. The van der Waals surface area contributed by atoms with E-state index in [-0.39, 0.29) is 11.9 Å². The topological polar surface area (TPSA) is 55.4 Å². The Morgan fingerprint density at radius 2 is 1.84 bits per heavy atom. The molecule has 0 aromatic heterocycles. The van der Waals surface area contributed by atoms with Gasteiger partial charge in [0.25, 0.3) is 5.91 Å². The number of esters is 1. The molecule has 0 atom stereocenters. The highest BCUT2D eigenvalue weighted by Gasteiger charge is 2.15. The summed E-state index contributed by atoms with van der Waals surface area (Å²) < 4.78 is 5.21. The van der Waals surface area contributed by atoms with Crippen LogP contribution in [0.25, 0.3) is 0 Å². The van der Waals surface area contributed by atoms with Gasteiger partial charge in [-0.15, -0.1) is 5.73 Å². The SMILES string of the molecule is C=C=CC(=O)NCCCCCCC(=O)OC(C)(C)C. The van der Waals surface area contributed by atoms with Crippen molar-refractivity contribution in [1.82, 2.24) is 5.32 Å². The summed E-state index contributed by atoms with van der Waals surface area (Å²) in [6.07, 6.45) is 5.43. The third-order valence-corrected chi connectivity index (χ3v) is 2.26. The maximum Gasteiger partial charge on any atom is 0.306 e. The average molecular weight is 267 g/mol. The molecule has 0 saturated heterocycles. The van der Waals surface area contributed by atoms with Crippen molar-refractivity contribution >= 4 is 11.9 Å². The molecular formula is C15H25NO3. The zero-order chi connectivity index (χ0) is 14.7. The van der Waals surface area contributed by atoms with Crippen LogP contribution >= 0.6 is 0 Å². The summed E-state index contributed by atoms with van der Waals surface area (Å²) in [5.41, 5.74) is 2.02. The van der Waals surface area contributed by atoms with Gasteiger partial charge < -0.3 is 10.1 Å². The molecule has 1 N–H and O–H groups in total. The predicted octanol–water partition coefficient (Wildman–Crippen LogP) is 2.74. The Hall–Kier alpha value is -1.54. The third kappa shape index (κ3) is 12.7. The second-order valence-corrected chi connectivity index (χ2v) is 5.39. The van der Waals surface area contributed by atoms with Gasteiger partial charge in [-0.1, -0.05) is 19.4 Å². The van der Waals surface area contributed by atoms with E-state index in [4.69, 9.17) is 4.74 Å². The van der Waals surface area contributed by atoms with Crippen LogP contribution in [0.4, 0.5) is 0 Å². The Kier molecular flexibility index (Phi) is 8.64. The summed E-state index contributed by atoms with van der Waals surface area (Å²) in [4.78, 5) is 22.4. The Bertz CT molecular complexity index is 336. The number of nitrogens with one attached hydrogen (secondary N) is 1. The Morgan fingerprint density at radius 1 is 1.21 bits per heavy atom. The molecule has 19 heavy (non-hydrogen) atoms. The molecule has 0 aliphatic carbocycles. The van der Waals surface area contributed by atoms with Gasteiger partial charge in [0.1, 0.15) is 5.60 Å². The Labute approximate surface area is 115 Å². The second-order valence-electron chi connectivity index (χ2n) is 5.39. The Morgan fingerprint density at radius 3 is 2.42 bits per heavy atom. The monoisotopic (exact) mass is 267 g/mol. The van der Waals surface area contributed by atoms with Crippen molar-refractivity contribution in [2.45, 2.75) is 58.5 Å². The number of amides is 1. The molecule has 4 heteroatoms. The fraction of sp³-hybridized carbons (Fsp3) is 0.667. The molecule has 0 spiro atoms. The van der Waals surface area contributed by atoms with Crippen molar-refractivity contribution in [3.63, 3.8) is 0 Å². The van der Waals surface area contributed by atoms with E-state index in [9.17, 15) is 9.59 Å². The summed E-state index contributed by atoms with van der Waals surface area (Å²) in [7, 11) is 0. The molecular weight excluding hydrogens is 242 g/mol. The number of carbonyl (C=O) groups excluding carboxylic acids is 2. The standard InChI is InChI=1S/C15H25NO3/c1-5-10-13(17)16-12-9-7-6-8-11-14(18)19-15(2,3)4/h10H,1,6-9,11-12H2,2-4H3,(H,16,17). The third-order valence-electron chi connectivity index (χ3n) is 2.26. The van der Waals surface area contributed by atoms with Gasteiger partial charge in [0.05, 0.1) is 0 Å². The van der Waals surface area contributed by atoms with Crippen molar-refractivity contribution < 1.29 is 14.3 Å². The van der Waals surface area contributed by atoms with Crippen LogP contribution in [-0.2, 0) is 14.3 Å². The van der Waals surface area contributed by atoms with Crippen LogP contribution in [0.3, 0.4) is 0 Å². The number of unbranched alkanes of at least 4 members (excludes halogenated alkanes) is 3. The zero-order valence-electron chi connectivity index (χ0n) is 12.3. The largest absolute Gasteiger partial charge is 0.460 e. The molecule has 0 fully saturated rings. The number of hydrogen-bond donors (Lipinski definition) is 1. The first-order valence-corrected chi connectivity index (χ1v) is 6.70. The molecule has 0 aromatic carbocycles. The number of hydrogen-bond acceptors (Lipinski definition) is 3. The lowest BCUT2D eigenvalue weighted by Crippen LogP contribution is -2.23. The first kappa shape index (κ1) is 17.5. The van der Waals surface area contributed by atoms with E-state index < -0.39 is 5.60 Å². The van der Waals surface area contributed by atoms with Crippen LogP contribution in [0, 0.1) is 0 Å². The van der Waals surface area contributed by atoms with E-state index in [0.717, 1.165) is 25.7 Å². The van der Waals surface area contributed by atoms with E-state index in [0.29, 0.717) is 13.0 Å². The van der Waals surface area contributed by atoms with Crippen molar-refractivity contribution in [2.24, 2.45) is 0 Å². The molecule has 0 heterocycles. The van der Waals surface area contributed by atoms with Gasteiger partial charge >= 0.3 is 5.97 Å². The summed E-state index contributed by atoms with van der Waals surface area (Å²) in [6, 6.07) is 0. The number of carbonyl (C=O) groups is 2. The van der Waals surface area contributed by atoms with Crippen LogP contribution in [0.1, 0.15) is 52.9 Å². The maximum absolute atomic E-state index is 11.4. The molecule has 0 rings (SSSR count). The van der Waals surface area contributed by atoms with Gasteiger partial charge in [-0.25, -0.2) is 0 Å². The zero-order valence-corrected chi connectivity index (χ0v) is 12.3. The van der Waals surface area contributed by atoms with Crippen LogP contribution in [0.5, 0.6) is 0 Å². The molecule has 0 radical (unpaired) electrons. The quantitative estimate of drug-likeness (QED) is 0.318. The van der Waals surface area contributed by atoms with Crippen LogP contribution in [-0.4, -0.2) is 24.0 Å². The maximum atomic E-state index is 11.4. The summed E-state index contributed by atoms with van der Waals surface area (Å²) in [5.74, 6) is -0.305. The molecule has 1 amide bonds. The minimum atomic E-state index is -0.403. The van der Waals surface area contributed by atoms with E-state index in [1.807, 2.05) is 20.8 Å². The first-order chi connectivity index (χ1) is 8.85. The average Bonchev–Trinajstić information content (AvgIpc) is 2.25. The van der Waals surface area contributed by atoms with Gasteiger partial charge in [-0.3, -0.25) is 9.59 Å². The van der Waals surface area contributed by atoms with Gasteiger partial charge in [0, 0.05) is 19.0 Å². The smallest absolute Gasteiger partial charge is 0.306 e. The second kappa shape index (κ2) is 9.40. The van der Waals surface area contributed by atoms with E-state index in [1.54, 1.807) is 0 Å². The van der Waals surface area contributed by atoms with Crippen molar-refractivity contribution in [2.75, 3.05) is 6.54 Å². The molecule has 108 valence electrons. The highest BCUT2D eigenvalue weighted by Crippen LogP contribution is 2.10. The van der Waals surface area contributed by atoms with Gasteiger partial charge in [0.15, 0.2) is 0 Å². The fourth-order valence-electron chi connectivity index (χ4n) is 1.50. The number of rotatable bonds is 8. The Balaban J connectivity index is 3.43. The lowest BCUT2D eigenvalue weighted by atomic mass is 10.1. The van der Waals surface area contributed by atoms with Crippen LogP contribution < -0.4 is 5.32 Å². The summed E-state index contributed by atoms with van der Waals surface area (Å²) in [6.45, 7) is 9.57. The molecule has 0 aliphatic rings. The normalized spacial score (nSPS) is 10.5. The highest BCUT2D eigenvalue weighted by molar-refractivity contribution is 5.87. The number of ether oxygens (including phenoxy) is 1. The molecule has 0 saturated carbocycles.